The van der Waals surface area contributed by atoms with Crippen LogP contribution in [0.3, 0.4) is 0 Å². The van der Waals surface area contributed by atoms with Crippen molar-refractivity contribution in [2.24, 2.45) is 0 Å². The molecule has 1 aromatic heterocycles. The van der Waals surface area contributed by atoms with Gasteiger partial charge in [-0.3, -0.25) is 4.79 Å². The van der Waals surface area contributed by atoms with E-state index in [1.54, 1.807) is 20.2 Å². The Morgan fingerprint density at radius 2 is 2.00 bits per heavy atom. The minimum atomic E-state index is -0.292. The van der Waals surface area contributed by atoms with Crippen LogP contribution in [0.4, 0.5) is 0 Å². The van der Waals surface area contributed by atoms with Crippen molar-refractivity contribution < 1.29 is 4.79 Å². The van der Waals surface area contributed by atoms with Crippen molar-refractivity contribution in [1.29, 1.82) is 5.26 Å². The lowest BCUT2D eigenvalue weighted by atomic mass is 10.1. The van der Waals surface area contributed by atoms with E-state index in [9.17, 15) is 10.1 Å². The molecule has 0 saturated heterocycles. The van der Waals surface area contributed by atoms with Gasteiger partial charge >= 0.3 is 0 Å². The molecule has 0 N–H and O–H groups in total. The van der Waals surface area contributed by atoms with Gasteiger partial charge in [-0.05, 0) is 49.8 Å². The lowest BCUT2D eigenvalue weighted by Gasteiger charge is -2.10. The average molecular weight is 372 g/mol. The molecule has 23 heavy (non-hydrogen) atoms. The first-order valence-electron chi connectivity index (χ1n) is 7.13. The third-order valence-electron chi connectivity index (χ3n) is 3.59. The van der Waals surface area contributed by atoms with Crippen LogP contribution in [0.25, 0.3) is 11.8 Å². The van der Waals surface area contributed by atoms with Crippen molar-refractivity contribution >= 4 is 27.9 Å². The molecule has 0 bridgehead atoms. The van der Waals surface area contributed by atoms with E-state index in [2.05, 4.69) is 20.5 Å². The first kappa shape index (κ1) is 17.0. The Morgan fingerprint density at radius 1 is 1.30 bits per heavy atom. The first-order valence-corrected chi connectivity index (χ1v) is 7.92. The van der Waals surface area contributed by atoms with E-state index in [1.807, 2.05) is 50.2 Å². The Bertz CT molecular complexity index is 825. The summed E-state index contributed by atoms with van der Waals surface area (Å²) in [7, 11) is 3.27. The van der Waals surface area contributed by atoms with Crippen molar-refractivity contribution in [3.8, 4) is 11.8 Å². The number of benzene rings is 1. The Kier molecular flexibility index (Phi) is 5.07. The molecule has 0 radical (unpaired) electrons. The number of amides is 1. The van der Waals surface area contributed by atoms with Crippen LogP contribution in [-0.4, -0.2) is 29.5 Å². The second kappa shape index (κ2) is 6.84. The molecule has 1 amide bonds. The lowest BCUT2D eigenvalue weighted by Crippen LogP contribution is -2.22. The molecule has 0 aliphatic carbocycles. The highest BCUT2D eigenvalue weighted by Crippen LogP contribution is 2.24. The molecule has 1 aromatic carbocycles. The van der Waals surface area contributed by atoms with E-state index >= 15 is 0 Å². The van der Waals surface area contributed by atoms with Crippen LogP contribution in [0, 0.1) is 25.2 Å². The SMILES string of the molecule is Cc1cc(/C=C(/C#N)C(=O)N(C)C)c(C)n1-c1cccc(Br)c1. The van der Waals surface area contributed by atoms with Crippen LogP contribution in [0.5, 0.6) is 0 Å². The van der Waals surface area contributed by atoms with Crippen LogP contribution in [0.1, 0.15) is 17.0 Å². The molecule has 4 nitrogen and oxygen atoms in total. The summed E-state index contributed by atoms with van der Waals surface area (Å²) in [6, 6.07) is 12.0. The Hall–Kier alpha value is -2.32. The maximum absolute atomic E-state index is 12.0. The van der Waals surface area contributed by atoms with Crippen LogP contribution in [0.2, 0.25) is 0 Å². The number of hydrogen-bond donors (Lipinski definition) is 0. The summed E-state index contributed by atoms with van der Waals surface area (Å²) in [6.45, 7) is 3.99. The molecule has 0 spiro atoms. The summed E-state index contributed by atoms with van der Waals surface area (Å²) in [5.74, 6) is -0.292. The molecule has 0 aliphatic rings. The molecule has 118 valence electrons. The van der Waals surface area contributed by atoms with Gasteiger partial charge in [0.1, 0.15) is 11.6 Å². The van der Waals surface area contributed by atoms with Gasteiger partial charge in [-0.15, -0.1) is 0 Å². The number of carbonyl (C=O) groups is 1. The predicted molar refractivity (Wildman–Crippen MR) is 95.2 cm³/mol. The van der Waals surface area contributed by atoms with Gasteiger partial charge in [0.15, 0.2) is 0 Å². The monoisotopic (exact) mass is 371 g/mol. The normalized spacial score (nSPS) is 11.2. The second-order valence-corrected chi connectivity index (χ2v) is 6.43. The number of hydrogen-bond acceptors (Lipinski definition) is 2. The number of nitrogens with zero attached hydrogens (tertiary/aromatic N) is 3. The largest absolute Gasteiger partial charge is 0.344 e. The van der Waals surface area contributed by atoms with Crippen molar-refractivity contribution in [3.63, 3.8) is 0 Å². The number of halogens is 1. The molecule has 2 rings (SSSR count). The highest BCUT2D eigenvalue weighted by molar-refractivity contribution is 9.10. The van der Waals surface area contributed by atoms with Gasteiger partial charge in [-0.1, -0.05) is 22.0 Å². The summed E-state index contributed by atoms with van der Waals surface area (Å²) in [5.41, 5.74) is 4.06. The molecule has 0 atom stereocenters. The van der Waals surface area contributed by atoms with Gasteiger partial charge < -0.3 is 9.47 Å². The Balaban J connectivity index is 2.54. The summed E-state index contributed by atoms with van der Waals surface area (Å²) >= 11 is 3.48. The fourth-order valence-electron chi connectivity index (χ4n) is 2.48. The quantitative estimate of drug-likeness (QED) is 0.607. The van der Waals surface area contributed by atoms with E-state index < -0.39 is 0 Å². The van der Waals surface area contributed by atoms with E-state index in [1.165, 1.54) is 4.90 Å². The first-order chi connectivity index (χ1) is 10.8. The Morgan fingerprint density at radius 3 is 2.57 bits per heavy atom. The fraction of sp³-hybridized carbons (Fsp3) is 0.222. The fourth-order valence-corrected chi connectivity index (χ4v) is 2.87. The van der Waals surface area contributed by atoms with E-state index in [-0.39, 0.29) is 11.5 Å². The van der Waals surface area contributed by atoms with Crippen molar-refractivity contribution in [1.82, 2.24) is 9.47 Å². The molecule has 1 heterocycles. The maximum atomic E-state index is 12.0. The summed E-state index contributed by atoms with van der Waals surface area (Å²) in [6.07, 6.45) is 1.65. The highest BCUT2D eigenvalue weighted by atomic mass is 79.9. The zero-order valence-electron chi connectivity index (χ0n) is 13.6. The van der Waals surface area contributed by atoms with Crippen molar-refractivity contribution in [3.05, 3.63) is 57.3 Å². The molecule has 0 aliphatic heterocycles. The van der Waals surface area contributed by atoms with Gasteiger partial charge in [0.25, 0.3) is 5.91 Å². The minimum absolute atomic E-state index is 0.129. The number of likely N-dealkylation sites (N-methyl/N-ethyl adjacent to an activating group) is 1. The molecule has 0 fully saturated rings. The molecule has 5 heteroatoms. The van der Waals surface area contributed by atoms with Gasteiger partial charge in [-0.25, -0.2) is 0 Å². The number of aromatic nitrogens is 1. The summed E-state index contributed by atoms with van der Waals surface area (Å²) in [4.78, 5) is 13.4. The number of carbonyl (C=O) groups excluding carboxylic acids is 1. The van der Waals surface area contributed by atoms with Crippen molar-refractivity contribution in [2.75, 3.05) is 14.1 Å². The van der Waals surface area contributed by atoms with Crippen molar-refractivity contribution in [2.45, 2.75) is 13.8 Å². The number of aryl methyl sites for hydroxylation is 1. The maximum Gasteiger partial charge on any atom is 0.264 e. The summed E-state index contributed by atoms with van der Waals surface area (Å²) < 4.78 is 3.10. The Labute approximate surface area is 144 Å². The smallest absolute Gasteiger partial charge is 0.264 e. The van der Waals surface area contributed by atoms with Gasteiger partial charge in [0.05, 0.1) is 0 Å². The van der Waals surface area contributed by atoms with Crippen LogP contribution in [0.15, 0.2) is 40.4 Å². The third-order valence-corrected chi connectivity index (χ3v) is 4.09. The van der Waals surface area contributed by atoms with Gasteiger partial charge in [-0.2, -0.15) is 5.26 Å². The van der Waals surface area contributed by atoms with Gasteiger partial charge in [0, 0.05) is 35.6 Å². The molecule has 2 aromatic rings. The molecular formula is C18H18BrN3O. The van der Waals surface area contributed by atoms with Crippen LogP contribution >= 0.6 is 15.9 Å². The topological polar surface area (TPSA) is 49.0 Å². The molecule has 0 unspecified atom stereocenters. The molecular weight excluding hydrogens is 354 g/mol. The van der Waals surface area contributed by atoms with Crippen LogP contribution in [-0.2, 0) is 4.79 Å². The van der Waals surface area contributed by atoms with E-state index in [0.717, 1.165) is 27.1 Å². The summed E-state index contributed by atoms with van der Waals surface area (Å²) in [5, 5.41) is 9.25. The minimum Gasteiger partial charge on any atom is -0.344 e. The number of nitriles is 1. The predicted octanol–water partition coefficient (Wildman–Crippen LogP) is 3.85. The lowest BCUT2D eigenvalue weighted by molar-refractivity contribution is -0.124. The van der Waals surface area contributed by atoms with Crippen LogP contribution < -0.4 is 0 Å². The van der Waals surface area contributed by atoms with E-state index in [0.29, 0.717) is 0 Å². The number of rotatable bonds is 3. The second-order valence-electron chi connectivity index (χ2n) is 5.51. The zero-order chi connectivity index (χ0) is 17.1. The highest BCUT2D eigenvalue weighted by Gasteiger charge is 2.14. The third kappa shape index (κ3) is 3.54. The zero-order valence-corrected chi connectivity index (χ0v) is 15.2. The molecule has 0 saturated carbocycles. The standard InChI is InChI=1S/C18H18BrN3O/c1-12-8-14(9-15(11-20)18(23)21(3)4)13(2)22(12)17-7-5-6-16(19)10-17/h5-10H,1-4H3/b15-9-. The average Bonchev–Trinajstić information content (AvgIpc) is 2.78. The van der Waals surface area contributed by atoms with Gasteiger partial charge in [0.2, 0.25) is 0 Å². The van der Waals surface area contributed by atoms with E-state index in [4.69, 9.17) is 0 Å².